The van der Waals surface area contributed by atoms with Crippen LogP contribution >= 0.6 is 0 Å². The lowest BCUT2D eigenvalue weighted by atomic mass is 10.3. The maximum Gasteiger partial charge on any atom is 0.222 e. The van der Waals surface area contributed by atoms with Gasteiger partial charge in [0.25, 0.3) is 0 Å². The number of nitrogens with zero attached hydrogens (tertiary/aromatic N) is 4. The number of hydrogen-bond acceptors (Lipinski definition) is 4. The molecule has 3 rings (SSSR count). The number of nitrogens with one attached hydrogen (secondary N) is 1. The summed E-state index contributed by atoms with van der Waals surface area (Å²) in [5.41, 5.74) is 2.22. The van der Waals surface area contributed by atoms with Crippen LogP contribution in [0.2, 0.25) is 0 Å². The number of imidazole rings is 1. The van der Waals surface area contributed by atoms with Crippen LogP contribution in [0.5, 0.6) is 0 Å². The molecular weight excluding hydrogens is 238 g/mol. The second kappa shape index (κ2) is 5.48. The Bertz CT molecular complexity index is 647. The van der Waals surface area contributed by atoms with E-state index in [1.54, 1.807) is 12.4 Å². The molecule has 0 aliphatic heterocycles. The highest BCUT2D eigenvalue weighted by Gasteiger charge is 2.00. The maximum absolute atomic E-state index is 4.37. The largest absolute Gasteiger partial charge is 0.354 e. The molecule has 19 heavy (non-hydrogen) atoms. The molecule has 0 aliphatic carbocycles. The first-order valence-electron chi connectivity index (χ1n) is 6.34. The number of hydrogen-bond donors (Lipinski definition) is 1. The van der Waals surface area contributed by atoms with Gasteiger partial charge in [-0.2, -0.15) is 0 Å². The predicted octanol–water partition coefficient (Wildman–Crippen LogP) is 2.33. The molecule has 3 aromatic rings. The smallest absolute Gasteiger partial charge is 0.222 e. The normalized spacial score (nSPS) is 10.7. The molecule has 1 N–H and O–H groups in total. The minimum Gasteiger partial charge on any atom is -0.354 e. The molecule has 0 fully saturated rings. The summed E-state index contributed by atoms with van der Waals surface area (Å²) in [6.07, 6.45) is 6.36. The van der Waals surface area contributed by atoms with Crippen LogP contribution in [-0.2, 0) is 6.54 Å². The van der Waals surface area contributed by atoms with Gasteiger partial charge in [0.05, 0.1) is 17.4 Å². The fourth-order valence-electron chi connectivity index (χ4n) is 2.03. The van der Waals surface area contributed by atoms with Gasteiger partial charge < -0.3 is 9.88 Å². The third kappa shape index (κ3) is 2.70. The minimum absolute atomic E-state index is 0.679. The van der Waals surface area contributed by atoms with Crippen molar-refractivity contribution < 1.29 is 0 Å². The Morgan fingerprint density at radius 3 is 2.74 bits per heavy atom. The van der Waals surface area contributed by atoms with Gasteiger partial charge in [0, 0.05) is 25.5 Å². The SMILES string of the molecule is c1cnc(NCCCn2cnc3ccccc32)nc1. The minimum atomic E-state index is 0.679. The van der Waals surface area contributed by atoms with Gasteiger partial charge >= 0.3 is 0 Å². The summed E-state index contributed by atoms with van der Waals surface area (Å²) in [5.74, 6) is 0.679. The highest BCUT2D eigenvalue weighted by Crippen LogP contribution is 2.11. The molecule has 0 aliphatic rings. The number of aryl methyl sites for hydroxylation is 1. The van der Waals surface area contributed by atoms with Gasteiger partial charge in [0.15, 0.2) is 0 Å². The van der Waals surface area contributed by atoms with Gasteiger partial charge in [-0.3, -0.25) is 0 Å². The van der Waals surface area contributed by atoms with Crippen LogP contribution in [-0.4, -0.2) is 26.1 Å². The standard InChI is InChI=1S/C14H15N5/c1-2-6-13-12(5-1)18-11-19(13)10-4-9-17-14-15-7-3-8-16-14/h1-3,5-8,11H,4,9-10H2,(H,15,16,17). The first kappa shape index (κ1) is 11.6. The van der Waals surface area contributed by atoms with Crippen LogP contribution in [0.15, 0.2) is 49.1 Å². The summed E-state index contributed by atoms with van der Waals surface area (Å²) in [4.78, 5) is 12.6. The number of rotatable bonds is 5. The Hall–Kier alpha value is -2.43. The van der Waals surface area contributed by atoms with Crippen molar-refractivity contribution in [3.63, 3.8) is 0 Å². The monoisotopic (exact) mass is 253 g/mol. The van der Waals surface area contributed by atoms with Gasteiger partial charge in [0.2, 0.25) is 5.95 Å². The zero-order valence-corrected chi connectivity index (χ0v) is 10.5. The fraction of sp³-hybridized carbons (Fsp3) is 0.214. The first-order chi connectivity index (χ1) is 9.43. The van der Waals surface area contributed by atoms with E-state index in [-0.39, 0.29) is 0 Å². The fourth-order valence-corrected chi connectivity index (χ4v) is 2.03. The maximum atomic E-state index is 4.37. The summed E-state index contributed by atoms with van der Waals surface area (Å²) >= 11 is 0. The first-order valence-corrected chi connectivity index (χ1v) is 6.34. The van der Waals surface area contributed by atoms with Crippen LogP contribution < -0.4 is 5.32 Å². The van der Waals surface area contributed by atoms with Crippen molar-refractivity contribution in [2.24, 2.45) is 0 Å². The molecule has 0 bridgehead atoms. The lowest BCUT2D eigenvalue weighted by Crippen LogP contribution is -2.08. The molecule has 0 saturated heterocycles. The summed E-state index contributed by atoms with van der Waals surface area (Å²) in [6, 6.07) is 9.98. The van der Waals surface area contributed by atoms with Crippen molar-refractivity contribution >= 4 is 17.0 Å². The van der Waals surface area contributed by atoms with Gasteiger partial charge in [-0.05, 0) is 24.6 Å². The van der Waals surface area contributed by atoms with Gasteiger partial charge in [-0.15, -0.1) is 0 Å². The van der Waals surface area contributed by atoms with Crippen LogP contribution in [0.3, 0.4) is 0 Å². The Morgan fingerprint density at radius 2 is 1.84 bits per heavy atom. The van der Waals surface area contributed by atoms with Crippen molar-refractivity contribution in [1.82, 2.24) is 19.5 Å². The quantitative estimate of drug-likeness (QED) is 0.709. The molecule has 1 aromatic carbocycles. The van der Waals surface area contributed by atoms with Gasteiger partial charge in [-0.25, -0.2) is 15.0 Å². The summed E-state index contributed by atoms with van der Waals surface area (Å²) in [5, 5.41) is 3.20. The summed E-state index contributed by atoms with van der Waals surface area (Å²) < 4.78 is 2.17. The molecule has 0 radical (unpaired) electrons. The summed E-state index contributed by atoms with van der Waals surface area (Å²) in [7, 11) is 0. The molecule has 2 aromatic heterocycles. The number of benzene rings is 1. The van der Waals surface area contributed by atoms with Crippen LogP contribution in [0.4, 0.5) is 5.95 Å². The van der Waals surface area contributed by atoms with Gasteiger partial charge in [0.1, 0.15) is 0 Å². The molecule has 0 amide bonds. The van der Waals surface area contributed by atoms with Crippen molar-refractivity contribution in [3.05, 3.63) is 49.1 Å². The zero-order valence-electron chi connectivity index (χ0n) is 10.5. The molecular formula is C14H15N5. The van der Waals surface area contributed by atoms with E-state index in [1.165, 1.54) is 5.52 Å². The van der Waals surface area contributed by atoms with E-state index < -0.39 is 0 Å². The molecule has 5 nitrogen and oxygen atoms in total. The number of fused-ring (bicyclic) bond motifs is 1. The Labute approximate surface area is 111 Å². The van der Waals surface area contributed by atoms with Crippen LogP contribution in [0.25, 0.3) is 11.0 Å². The number of para-hydroxylation sites is 2. The van der Waals surface area contributed by atoms with Crippen molar-refractivity contribution in [2.75, 3.05) is 11.9 Å². The number of aromatic nitrogens is 4. The van der Waals surface area contributed by atoms with E-state index in [0.717, 1.165) is 25.0 Å². The van der Waals surface area contributed by atoms with E-state index in [4.69, 9.17) is 0 Å². The second-order valence-corrected chi connectivity index (χ2v) is 4.28. The molecule has 96 valence electrons. The third-order valence-electron chi connectivity index (χ3n) is 2.95. The summed E-state index contributed by atoms with van der Waals surface area (Å²) in [6.45, 7) is 1.77. The lowest BCUT2D eigenvalue weighted by molar-refractivity contribution is 0.675. The second-order valence-electron chi connectivity index (χ2n) is 4.28. The van der Waals surface area contributed by atoms with Crippen molar-refractivity contribution in [3.8, 4) is 0 Å². The highest BCUT2D eigenvalue weighted by molar-refractivity contribution is 5.74. The van der Waals surface area contributed by atoms with E-state index in [0.29, 0.717) is 5.95 Å². The Balaban J connectivity index is 1.55. The van der Waals surface area contributed by atoms with E-state index in [1.807, 2.05) is 30.6 Å². The molecule has 0 spiro atoms. The highest BCUT2D eigenvalue weighted by atomic mass is 15.1. The van der Waals surface area contributed by atoms with Crippen molar-refractivity contribution in [2.45, 2.75) is 13.0 Å². The molecule has 0 atom stereocenters. The Kier molecular flexibility index (Phi) is 3.36. The Morgan fingerprint density at radius 1 is 1.00 bits per heavy atom. The molecule has 0 unspecified atom stereocenters. The topological polar surface area (TPSA) is 55.6 Å². The molecule has 5 heteroatoms. The number of anilines is 1. The lowest BCUT2D eigenvalue weighted by Gasteiger charge is -2.05. The predicted molar refractivity (Wildman–Crippen MR) is 74.9 cm³/mol. The molecule has 0 saturated carbocycles. The van der Waals surface area contributed by atoms with Crippen LogP contribution in [0.1, 0.15) is 6.42 Å². The van der Waals surface area contributed by atoms with Crippen molar-refractivity contribution in [1.29, 1.82) is 0 Å². The van der Waals surface area contributed by atoms with E-state index in [9.17, 15) is 0 Å². The average Bonchev–Trinajstić information content (AvgIpc) is 2.88. The molecule has 2 heterocycles. The van der Waals surface area contributed by atoms with Gasteiger partial charge in [-0.1, -0.05) is 12.1 Å². The average molecular weight is 253 g/mol. The van der Waals surface area contributed by atoms with E-state index in [2.05, 4.69) is 30.9 Å². The van der Waals surface area contributed by atoms with Crippen LogP contribution in [0, 0.1) is 0 Å². The van der Waals surface area contributed by atoms with E-state index >= 15 is 0 Å². The zero-order chi connectivity index (χ0) is 12.9. The third-order valence-corrected chi connectivity index (χ3v) is 2.95.